The van der Waals surface area contributed by atoms with Crippen LogP contribution in [0, 0.1) is 10.1 Å². The van der Waals surface area contributed by atoms with Crippen LogP contribution in [0.1, 0.15) is 37.0 Å². The van der Waals surface area contributed by atoms with Crippen LogP contribution in [0.15, 0.2) is 4.52 Å². The van der Waals surface area contributed by atoms with Gasteiger partial charge in [-0.05, 0) is 6.92 Å². The molecule has 1 saturated carbocycles. The Morgan fingerprint density at radius 3 is 2.93 bits per heavy atom. The fourth-order valence-corrected chi connectivity index (χ4v) is 1.26. The lowest BCUT2D eigenvalue weighted by Gasteiger charge is -1.92. The highest BCUT2D eigenvalue weighted by Crippen LogP contribution is 2.41. The molecule has 7 nitrogen and oxygen atoms in total. The first-order valence-electron chi connectivity index (χ1n) is 4.32. The quantitative estimate of drug-likeness (QED) is 0.549. The zero-order chi connectivity index (χ0) is 10.3. The van der Waals surface area contributed by atoms with Crippen LogP contribution in [0.3, 0.4) is 0 Å². The average Bonchev–Trinajstić information content (AvgIpc) is 2.76. The Morgan fingerprint density at radius 2 is 2.50 bits per heavy atom. The van der Waals surface area contributed by atoms with Crippen LogP contribution in [-0.4, -0.2) is 21.1 Å². The Balaban J connectivity index is 2.09. The molecule has 1 aromatic rings. The zero-order valence-corrected chi connectivity index (χ0v) is 7.58. The molecule has 0 spiro atoms. The number of rotatable bonds is 3. The predicted molar refractivity (Wildman–Crippen MR) is 45.0 cm³/mol. The van der Waals surface area contributed by atoms with E-state index in [2.05, 4.69) is 10.1 Å². The van der Waals surface area contributed by atoms with Gasteiger partial charge in [-0.2, -0.15) is 4.98 Å². The van der Waals surface area contributed by atoms with E-state index in [-0.39, 0.29) is 16.9 Å². The van der Waals surface area contributed by atoms with E-state index in [4.69, 9.17) is 10.3 Å². The molecule has 76 valence electrons. The fourth-order valence-electron chi connectivity index (χ4n) is 1.26. The van der Waals surface area contributed by atoms with Gasteiger partial charge in [0.15, 0.2) is 5.82 Å². The van der Waals surface area contributed by atoms with Gasteiger partial charge in [-0.15, -0.1) is 0 Å². The van der Waals surface area contributed by atoms with Gasteiger partial charge < -0.3 is 10.3 Å². The van der Waals surface area contributed by atoms with Gasteiger partial charge in [-0.1, -0.05) is 5.16 Å². The summed E-state index contributed by atoms with van der Waals surface area (Å²) in [7, 11) is 0. The van der Waals surface area contributed by atoms with E-state index >= 15 is 0 Å². The minimum Gasteiger partial charge on any atom is -0.339 e. The van der Waals surface area contributed by atoms with Crippen LogP contribution >= 0.6 is 0 Å². The van der Waals surface area contributed by atoms with Crippen molar-refractivity contribution in [3.63, 3.8) is 0 Å². The second kappa shape index (κ2) is 3.02. The maximum absolute atomic E-state index is 10.4. The second-order valence-electron chi connectivity index (χ2n) is 3.47. The van der Waals surface area contributed by atoms with E-state index in [0.29, 0.717) is 18.1 Å². The lowest BCUT2D eigenvalue weighted by molar-refractivity contribution is -0.496. The van der Waals surface area contributed by atoms with E-state index in [1.807, 2.05) is 0 Å². The van der Waals surface area contributed by atoms with E-state index in [9.17, 15) is 10.1 Å². The summed E-state index contributed by atoms with van der Waals surface area (Å²) >= 11 is 0. The first-order valence-corrected chi connectivity index (χ1v) is 4.32. The van der Waals surface area contributed by atoms with Gasteiger partial charge >= 0.3 is 0 Å². The molecule has 1 unspecified atom stereocenters. The van der Waals surface area contributed by atoms with Gasteiger partial charge in [0.05, 0.1) is 6.04 Å². The van der Waals surface area contributed by atoms with E-state index in [1.54, 1.807) is 6.92 Å². The molecule has 2 rings (SSSR count). The maximum atomic E-state index is 10.4. The molecule has 0 aromatic carbocycles. The molecule has 7 heteroatoms. The molecule has 1 aliphatic carbocycles. The van der Waals surface area contributed by atoms with Crippen molar-refractivity contribution in [1.29, 1.82) is 0 Å². The number of nitrogens with two attached hydrogens (primary N) is 1. The van der Waals surface area contributed by atoms with Crippen LogP contribution in [0.25, 0.3) is 0 Å². The average molecular weight is 198 g/mol. The van der Waals surface area contributed by atoms with Gasteiger partial charge in [0.2, 0.25) is 11.9 Å². The van der Waals surface area contributed by atoms with Crippen LogP contribution < -0.4 is 5.73 Å². The Bertz CT molecular complexity index is 362. The van der Waals surface area contributed by atoms with Crippen molar-refractivity contribution in [2.75, 3.05) is 0 Å². The smallest absolute Gasteiger partial charge is 0.237 e. The molecule has 3 atom stereocenters. The van der Waals surface area contributed by atoms with Crippen molar-refractivity contribution in [3.05, 3.63) is 21.8 Å². The third-order valence-corrected chi connectivity index (χ3v) is 2.21. The molecule has 0 aliphatic heterocycles. The number of nitro groups is 1. The van der Waals surface area contributed by atoms with Crippen molar-refractivity contribution in [1.82, 2.24) is 10.1 Å². The van der Waals surface area contributed by atoms with Crippen molar-refractivity contribution >= 4 is 0 Å². The SMILES string of the molecule is CC(N)c1noc([C@H]2C[C@@H]2[N+](=O)[O-])n1. The van der Waals surface area contributed by atoms with Crippen LogP contribution in [-0.2, 0) is 0 Å². The standard InChI is InChI=1S/C7H10N4O3/c1-3(8)6-9-7(14-10-6)4-2-5(4)11(12)13/h3-5H,2,8H2,1H3/t3?,4-,5-/m0/s1. The molecule has 2 N–H and O–H groups in total. The van der Waals surface area contributed by atoms with Gasteiger partial charge in [0.25, 0.3) is 0 Å². The third-order valence-electron chi connectivity index (χ3n) is 2.21. The first kappa shape index (κ1) is 9.07. The van der Waals surface area contributed by atoms with E-state index in [0.717, 1.165) is 0 Å². The van der Waals surface area contributed by atoms with Crippen LogP contribution in [0.4, 0.5) is 0 Å². The number of hydrogen-bond donors (Lipinski definition) is 1. The van der Waals surface area contributed by atoms with Crippen LogP contribution in [0.5, 0.6) is 0 Å². The lowest BCUT2D eigenvalue weighted by atomic mass is 10.3. The molecule has 1 aliphatic rings. The van der Waals surface area contributed by atoms with Gasteiger partial charge in [0, 0.05) is 11.3 Å². The monoisotopic (exact) mass is 198 g/mol. The Hall–Kier alpha value is -1.50. The highest BCUT2D eigenvalue weighted by Gasteiger charge is 2.53. The van der Waals surface area contributed by atoms with E-state index < -0.39 is 6.04 Å². The molecule has 0 radical (unpaired) electrons. The van der Waals surface area contributed by atoms with Crippen molar-refractivity contribution in [3.8, 4) is 0 Å². The highest BCUT2D eigenvalue weighted by atomic mass is 16.6. The summed E-state index contributed by atoms with van der Waals surface area (Å²) in [6, 6.07) is -0.864. The van der Waals surface area contributed by atoms with Gasteiger partial charge in [-0.3, -0.25) is 10.1 Å². The number of aromatic nitrogens is 2. The minimum absolute atomic E-state index is 0.218. The largest absolute Gasteiger partial charge is 0.339 e. The van der Waals surface area contributed by atoms with Crippen molar-refractivity contribution in [2.45, 2.75) is 31.3 Å². The molecular formula is C7H10N4O3. The molecule has 0 bridgehead atoms. The molecule has 14 heavy (non-hydrogen) atoms. The summed E-state index contributed by atoms with van der Waals surface area (Å²) in [6.07, 6.45) is 0.480. The summed E-state index contributed by atoms with van der Waals surface area (Å²) in [6.45, 7) is 1.73. The topological polar surface area (TPSA) is 108 Å². The molecule has 0 amide bonds. The Morgan fingerprint density at radius 1 is 1.79 bits per heavy atom. The summed E-state index contributed by atoms with van der Waals surface area (Å²) in [5.41, 5.74) is 5.52. The summed E-state index contributed by atoms with van der Waals surface area (Å²) < 4.78 is 4.88. The second-order valence-corrected chi connectivity index (χ2v) is 3.47. The summed E-state index contributed by atoms with van der Waals surface area (Å²) in [4.78, 5) is 14.1. The van der Waals surface area contributed by atoms with E-state index in [1.165, 1.54) is 0 Å². The molecule has 0 saturated heterocycles. The normalized spacial score (nSPS) is 27.3. The van der Waals surface area contributed by atoms with Crippen LogP contribution in [0.2, 0.25) is 0 Å². The summed E-state index contributed by atoms with van der Waals surface area (Å²) in [5, 5.41) is 14.0. The lowest BCUT2D eigenvalue weighted by Crippen LogP contribution is -2.07. The minimum atomic E-state index is -0.559. The maximum Gasteiger partial charge on any atom is 0.237 e. The molecule has 1 aromatic heterocycles. The van der Waals surface area contributed by atoms with Gasteiger partial charge in [-0.25, -0.2) is 0 Å². The first-order chi connectivity index (χ1) is 6.59. The summed E-state index contributed by atoms with van der Waals surface area (Å²) in [5.74, 6) is 0.512. The molecular weight excluding hydrogens is 188 g/mol. The fraction of sp³-hybridized carbons (Fsp3) is 0.714. The highest BCUT2D eigenvalue weighted by molar-refractivity contribution is 5.09. The third kappa shape index (κ3) is 1.46. The predicted octanol–water partition coefficient (Wildman–Crippen LogP) is 0.222. The molecule has 1 heterocycles. The Labute approximate surface area is 79.4 Å². The zero-order valence-electron chi connectivity index (χ0n) is 7.58. The molecule has 1 fully saturated rings. The number of nitrogens with zero attached hydrogens (tertiary/aromatic N) is 3. The van der Waals surface area contributed by atoms with Gasteiger partial charge in [0.1, 0.15) is 5.92 Å². The van der Waals surface area contributed by atoms with Crippen molar-refractivity contribution < 1.29 is 9.45 Å². The van der Waals surface area contributed by atoms with Crippen molar-refractivity contribution in [2.24, 2.45) is 5.73 Å². The Kier molecular flexibility index (Phi) is 1.95. The number of hydrogen-bond acceptors (Lipinski definition) is 6.